The van der Waals surface area contributed by atoms with Gasteiger partial charge in [0.2, 0.25) is 0 Å². The van der Waals surface area contributed by atoms with E-state index in [0.29, 0.717) is 0 Å². The van der Waals surface area contributed by atoms with Crippen LogP contribution >= 0.6 is 11.8 Å². The molecule has 0 aliphatic rings. The van der Waals surface area contributed by atoms with Crippen LogP contribution in [0.2, 0.25) is 0 Å². The molecule has 0 aromatic heterocycles. The molecular weight excluding hydrogens is 166 g/mol. The molecule has 1 nitrogen and oxygen atoms in total. The van der Waals surface area contributed by atoms with Crippen LogP contribution in [0, 0.1) is 6.92 Å². The summed E-state index contributed by atoms with van der Waals surface area (Å²) >= 11 is 1.67. The van der Waals surface area contributed by atoms with E-state index in [-0.39, 0.29) is 0 Å². The first-order valence-electron chi connectivity index (χ1n) is 3.88. The summed E-state index contributed by atoms with van der Waals surface area (Å²) in [7, 11) is 0. The van der Waals surface area contributed by atoms with Crippen molar-refractivity contribution in [1.82, 2.24) is 0 Å². The van der Waals surface area contributed by atoms with Gasteiger partial charge in [-0.2, -0.15) is 0 Å². The van der Waals surface area contributed by atoms with Crippen molar-refractivity contribution in [2.24, 2.45) is 4.99 Å². The predicted octanol–water partition coefficient (Wildman–Crippen LogP) is 3.41. The summed E-state index contributed by atoms with van der Waals surface area (Å²) in [6, 6.07) is 8.23. The van der Waals surface area contributed by atoms with E-state index in [2.05, 4.69) is 24.0 Å². The highest BCUT2D eigenvalue weighted by Gasteiger charge is 1.89. The van der Waals surface area contributed by atoms with Crippen molar-refractivity contribution in [3.05, 3.63) is 29.8 Å². The largest absolute Gasteiger partial charge is 0.247 e. The summed E-state index contributed by atoms with van der Waals surface area (Å²) in [6.45, 7) is 4.10. The van der Waals surface area contributed by atoms with E-state index in [0.717, 1.165) is 10.7 Å². The molecule has 0 saturated carbocycles. The van der Waals surface area contributed by atoms with Gasteiger partial charge in [-0.15, -0.1) is 11.8 Å². The van der Waals surface area contributed by atoms with Gasteiger partial charge in [-0.3, -0.25) is 0 Å². The lowest BCUT2D eigenvalue weighted by molar-refractivity contribution is 1.43. The standard InChI is InChI=1S/C10H13NS/c1-8-4-6-10(7-5-8)11-9(2)12-3/h4-7H,1-3H3. The minimum absolute atomic E-state index is 1.03. The third-order valence-corrected chi connectivity index (χ3v) is 2.30. The van der Waals surface area contributed by atoms with Crippen molar-refractivity contribution < 1.29 is 0 Å². The molecular formula is C10H13NS. The fraction of sp³-hybridized carbons (Fsp3) is 0.300. The highest BCUT2D eigenvalue weighted by molar-refractivity contribution is 8.13. The molecule has 64 valence electrons. The third kappa shape index (κ3) is 2.70. The fourth-order valence-electron chi connectivity index (χ4n) is 0.847. The van der Waals surface area contributed by atoms with Crippen molar-refractivity contribution >= 4 is 22.5 Å². The van der Waals surface area contributed by atoms with Gasteiger partial charge in [0.05, 0.1) is 10.7 Å². The zero-order chi connectivity index (χ0) is 8.97. The van der Waals surface area contributed by atoms with Crippen LogP contribution in [0.15, 0.2) is 29.3 Å². The zero-order valence-electron chi connectivity index (χ0n) is 7.66. The van der Waals surface area contributed by atoms with Gasteiger partial charge in [-0.05, 0) is 32.2 Å². The van der Waals surface area contributed by atoms with Gasteiger partial charge in [0.1, 0.15) is 0 Å². The maximum absolute atomic E-state index is 4.40. The van der Waals surface area contributed by atoms with E-state index in [1.807, 2.05) is 25.3 Å². The number of aliphatic imine (C=N–C) groups is 1. The number of hydrogen-bond donors (Lipinski definition) is 0. The first kappa shape index (κ1) is 9.33. The molecule has 2 heteroatoms. The summed E-state index contributed by atoms with van der Waals surface area (Å²) in [6.07, 6.45) is 2.03. The molecule has 0 amide bonds. The Labute approximate surface area is 77.9 Å². The number of hydrogen-bond acceptors (Lipinski definition) is 2. The fourth-order valence-corrected chi connectivity index (χ4v) is 1.04. The second-order valence-electron chi connectivity index (χ2n) is 2.67. The van der Waals surface area contributed by atoms with Crippen LogP contribution in [-0.4, -0.2) is 11.3 Å². The summed E-state index contributed by atoms with van der Waals surface area (Å²) < 4.78 is 0. The summed E-state index contributed by atoms with van der Waals surface area (Å²) in [4.78, 5) is 4.40. The Hall–Kier alpha value is -0.760. The molecule has 0 N–H and O–H groups in total. The Kier molecular flexibility index (Phi) is 3.35. The van der Waals surface area contributed by atoms with E-state index in [4.69, 9.17) is 0 Å². The Morgan fingerprint density at radius 3 is 2.33 bits per heavy atom. The van der Waals surface area contributed by atoms with Gasteiger partial charge in [0.25, 0.3) is 0 Å². The average Bonchev–Trinajstić information content (AvgIpc) is 2.09. The molecule has 0 spiro atoms. The molecule has 12 heavy (non-hydrogen) atoms. The molecule has 1 aromatic carbocycles. The van der Waals surface area contributed by atoms with Gasteiger partial charge in [-0.1, -0.05) is 17.7 Å². The maximum atomic E-state index is 4.40. The lowest BCUT2D eigenvalue weighted by Crippen LogP contribution is -1.79. The average molecular weight is 179 g/mol. The molecule has 0 atom stereocenters. The van der Waals surface area contributed by atoms with E-state index in [1.165, 1.54) is 5.56 Å². The van der Waals surface area contributed by atoms with Gasteiger partial charge >= 0.3 is 0 Å². The minimum Gasteiger partial charge on any atom is -0.247 e. The van der Waals surface area contributed by atoms with Crippen molar-refractivity contribution in [2.45, 2.75) is 13.8 Å². The molecule has 1 rings (SSSR count). The highest BCUT2D eigenvalue weighted by Crippen LogP contribution is 2.14. The quantitative estimate of drug-likeness (QED) is 0.475. The highest BCUT2D eigenvalue weighted by atomic mass is 32.2. The number of nitrogens with zero attached hydrogens (tertiary/aromatic N) is 1. The van der Waals surface area contributed by atoms with Crippen LogP contribution in [-0.2, 0) is 0 Å². The van der Waals surface area contributed by atoms with Gasteiger partial charge in [0, 0.05) is 0 Å². The summed E-state index contributed by atoms with van der Waals surface area (Å²) in [5.41, 5.74) is 2.31. The van der Waals surface area contributed by atoms with Crippen LogP contribution in [0.5, 0.6) is 0 Å². The van der Waals surface area contributed by atoms with Gasteiger partial charge in [0.15, 0.2) is 0 Å². The second-order valence-corrected chi connectivity index (χ2v) is 3.67. The lowest BCUT2D eigenvalue weighted by Gasteiger charge is -1.96. The Morgan fingerprint density at radius 2 is 1.83 bits per heavy atom. The van der Waals surface area contributed by atoms with Crippen molar-refractivity contribution in [1.29, 1.82) is 0 Å². The normalized spacial score (nSPS) is 11.8. The van der Waals surface area contributed by atoms with Crippen LogP contribution in [0.25, 0.3) is 0 Å². The molecule has 1 aromatic rings. The van der Waals surface area contributed by atoms with E-state index < -0.39 is 0 Å². The van der Waals surface area contributed by atoms with Gasteiger partial charge in [-0.25, -0.2) is 4.99 Å². The molecule has 0 aliphatic carbocycles. The smallest absolute Gasteiger partial charge is 0.0704 e. The summed E-state index contributed by atoms with van der Waals surface area (Å²) in [5, 5.41) is 1.10. The van der Waals surface area contributed by atoms with Gasteiger partial charge < -0.3 is 0 Å². The molecule has 0 heterocycles. The molecule has 0 unspecified atom stereocenters. The lowest BCUT2D eigenvalue weighted by atomic mass is 10.2. The van der Waals surface area contributed by atoms with E-state index >= 15 is 0 Å². The maximum Gasteiger partial charge on any atom is 0.0704 e. The molecule has 0 fully saturated rings. The predicted molar refractivity (Wildman–Crippen MR) is 57.5 cm³/mol. The van der Waals surface area contributed by atoms with Crippen LogP contribution in [0.1, 0.15) is 12.5 Å². The van der Waals surface area contributed by atoms with Crippen LogP contribution in [0.3, 0.4) is 0 Å². The third-order valence-electron chi connectivity index (χ3n) is 1.62. The van der Waals surface area contributed by atoms with Crippen molar-refractivity contribution in [3.63, 3.8) is 0 Å². The molecule has 0 radical (unpaired) electrons. The number of rotatable bonds is 1. The number of aryl methyl sites for hydroxylation is 1. The molecule has 0 bridgehead atoms. The van der Waals surface area contributed by atoms with Crippen LogP contribution < -0.4 is 0 Å². The zero-order valence-corrected chi connectivity index (χ0v) is 8.48. The SMILES string of the molecule is CSC(C)=Nc1ccc(C)cc1. The summed E-state index contributed by atoms with van der Waals surface area (Å²) in [5.74, 6) is 0. The monoisotopic (exact) mass is 179 g/mol. The van der Waals surface area contributed by atoms with Crippen molar-refractivity contribution in [3.8, 4) is 0 Å². The number of benzene rings is 1. The van der Waals surface area contributed by atoms with Crippen LogP contribution in [0.4, 0.5) is 5.69 Å². The number of thioether (sulfide) groups is 1. The molecule has 0 saturated heterocycles. The first-order chi connectivity index (χ1) is 5.72. The second kappa shape index (κ2) is 4.31. The first-order valence-corrected chi connectivity index (χ1v) is 5.11. The topological polar surface area (TPSA) is 12.4 Å². The Balaban J connectivity index is 2.84. The molecule has 0 aliphatic heterocycles. The Bertz CT molecular complexity index is 274. The minimum atomic E-state index is 1.03. The van der Waals surface area contributed by atoms with E-state index in [9.17, 15) is 0 Å². The Morgan fingerprint density at radius 1 is 1.25 bits per heavy atom. The van der Waals surface area contributed by atoms with Crippen molar-refractivity contribution in [2.75, 3.05) is 6.26 Å². The van der Waals surface area contributed by atoms with E-state index in [1.54, 1.807) is 11.8 Å².